The highest BCUT2D eigenvalue weighted by molar-refractivity contribution is 5.22. The summed E-state index contributed by atoms with van der Waals surface area (Å²) < 4.78 is 0. The van der Waals surface area contributed by atoms with Crippen LogP contribution in [0.2, 0.25) is 0 Å². The zero-order valence-electron chi connectivity index (χ0n) is 11.2. The van der Waals surface area contributed by atoms with E-state index in [9.17, 15) is 10.2 Å². The lowest BCUT2D eigenvalue weighted by Gasteiger charge is -2.33. The fourth-order valence-electron chi connectivity index (χ4n) is 2.86. The Hall–Kier alpha value is -0.900. The van der Waals surface area contributed by atoms with E-state index in [1.54, 1.807) is 0 Å². The summed E-state index contributed by atoms with van der Waals surface area (Å²) in [6, 6.07) is 9.93. The molecule has 3 atom stereocenters. The highest BCUT2D eigenvalue weighted by Crippen LogP contribution is 2.29. The molecule has 1 heterocycles. The smallest absolute Gasteiger partial charge is 0.0994 e. The van der Waals surface area contributed by atoms with Crippen LogP contribution in [-0.4, -0.2) is 40.9 Å². The second kappa shape index (κ2) is 5.39. The fourth-order valence-corrected chi connectivity index (χ4v) is 2.86. The molecule has 0 bridgehead atoms. The Morgan fingerprint density at radius 3 is 2.61 bits per heavy atom. The van der Waals surface area contributed by atoms with E-state index in [4.69, 9.17) is 0 Å². The van der Waals surface area contributed by atoms with E-state index in [2.05, 4.69) is 11.8 Å². The average molecular weight is 249 g/mol. The maximum atomic E-state index is 10.6. The molecule has 0 amide bonds. The molecule has 1 aromatic carbocycles. The Kier molecular flexibility index (Phi) is 4.05. The topological polar surface area (TPSA) is 43.7 Å². The molecule has 2 rings (SSSR count). The van der Waals surface area contributed by atoms with Crippen LogP contribution < -0.4 is 0 Å². The third-order valence-electron chi connectivity index (χ3n) is 4.09. The number of β-amino-alcohol motifs (C(OH)–C–C–N with tert-alkyl or cyclic N) is 1. The molecule has 1 aliphatic heterocycles. The zero-order chi connectivity index (χ0) is 13.2. The minimum absolute atomic E-state index is 0.173. The largest absolute Gasteiger partial charge is 0.395 e. The van der Waals surface area contributed by atoms with Crippen molar-refractivity contribution in [3.63, 3.8) is 0 Å². The molecule has 1 saturated heterocycles. The number of aliphatic hydroxyl groups is 2. The van der Waals surface area contributed by atoms with Crippen LogP contribution in [0.5, 0.6) is 0 Å². The summed E-state index contributed by atoms with van der Waals surface area (Å²) in [5.41, 5.74) is 0.0693. The van der Waals surface area contributed by atoms with Crippen molar-refractivity contribution in [3.8, 4) is 0 Å². The van der Waals surface area contributed by atoms with Crippen LogP contribution in [0.15, 0.2) is 30.3 Å². The van der Waals surface area contributed by atoms with Gasteiger partial charge in [0.15, 0.2) is 0 Å². The molecule has 0 spiro atoms. The van der Waals surface area contributed by atoms with Crippen LogP contribution in [0.25, 0.3) is 0 Å². The first kappa shape index (κ1) is 13.5. The van der Waals surface area contributed by atoms with Gasteiger partial charge in [0, 0.05) is 12.6 Å². The van der Waals surface area contributed by atoms with Gasteiger partial charge in [0.05, 0.1) is 12.2 Å². The molecule has 0 saturated carbocycles. The van der Waals surface area contributed by atoms with Crippen LogP contribution in [-0.2, 0) is 5.60 Å². The van der Waals surface area contributed by atoms with Crippen LogP contribution in [0.3, 0.4) is 0 Å². The predicted molar refractivity (Wildman–Crippen MR) is 72.2 cm³/mol. The monoisotopic (exact) mass is 249 g/mol. The lowest BCUT2D eigenvalue weighted by Crippen LogP contribution is -2.44. The summed E-state index contributed by atoms with van der Waals surface area (Å²) in [4.78, 5) is 2.21. The maximum Gasteiger partial charge on any atom is 0.0994 e. The molecular formula is C15H23NO2. The van der Waals surface area contributed by atoms with Gasteiger partial charge in [-0.15, -0.1) is 0 Å². The van der Waals surface area contributed by atoms with Gasteiger partial charge >= 0.3 is 0 Å². The number of rotatable bonds is 4. The first-order valence-electron chi connectivity index (χ1n) is 6.67. The molecule has 2 N–H and O–H groups in total. The fraction of sp³-hybridized carbons (Fsp3) is 0.600. The van der Waals surface area contributed by atoms with Crippen LogP contribution in [0.4, 0.5) is 0 Å². The Balaban J connectivity index is 2.09. The Bertz CT molecular complexity index is 377. The quantitative estimate of drug-likeness (QED) is 0.852. The van der Waals surface area contributed by atoms with Crippen LogP contribution in [0.1, 0.15) is 25.8 Å². The summed E-state index contributed by atoms with van der Waals surface area (Å²) in [5.74, 6) is 0.501. The lowest BCUT2D eigenvalue weighted by atomic mass is 9.95. The minimum Gasteiger partial charge on any atom is -0.395 e. The summed E-state index contributed by atoms with van der Waals surface area (Å²) in [6.45, 7) is 5.71. The summed E-state index contributed by atoms with van der Waals surface area (Å²) in [7, 11) is 0. The molecule has 18 heavy (non-hydrogen) atoms. The summed E-state index contributed by atoms with van der Waals surface area (Å²) in [5, 5.41) is 20.1. The Labute approximate surface area is 109 Å². The van der Waals surface area contributed by atoms with Gasteiger partial charge in [-0.25, -0.2) is 0 Å². The zero-order valence-corrected chi connectivity index (χ0v) is 11.2. The number of hydrogen-bond donors (Lipinski definition) is 2. The van der Waals surface area contributed by atoms with E-state index in [0.717, 1.165) is 18.5 Å². The van der Waals surface area contributed by atoms with Gasteiger partial charge in [0.1, 0.15) is 0 Å². The van der Waals surface area contributed by atoms with Gasteiger partial charge in [0.2, 0.25) is 0 Å². The molecule has 0 aliphatic carbocycles. The second-order valence-corrected chi connectivity index (χ2v) is 5.63. The van der Waals surface area contributed by atoms with E-state index in [0.29, 0.717) is 12.5 Å². The molecule has 3 heteroatoms. The SMILES string of the molecule is CC1CCN(CC(C)(O)c2ccccc2)C1CO. The van der Waals surface area contributed by atoms with Crippen molar-refractivity contribution in [3.05, 3.63) is 35.9 Å². The van der Waals surface area contributed by atoms with Gasteiger partial charge in [-0.2, -0.15) is 0 Å². The Morgan fingerprint density at radius 2 is 2.00 bits per heavy atom. The molecule has 1 aliphatic rings. The second-order valence-electron chi connectivity index (χ2n) is 5.63. The van der Waals surface area contributed by atoms with Gasteiger partial charge in [0.25, 0.3) is 0 Å². The molecule has 1 aromatic rings. The van der Waals surface area contributed by atoms with Crippen molar-refractivity contribution in [1.29, 1.82) is 0 Å². The number of benzene rings is 1. The molecule has 0 radical (unpaired) electrons. The summed E-state index contributed by atoms with van der Waals surface area (Å²) in [6.07, 6.45) is 1.09. The minimum atomic E-state index is -0.862. The first-order chi connectivity index (χ1) is 8.54. The number of nitrogens with zero attached hydrogens (tertiary/aromatic N) is 1. The van der Waals surface area contributed by atoms with Crippen LogP contribution in [0, 0.1) is 5.92 Å². The van der Waals surface area contributed by atoms with Gasteiger partial charge in [-0.05, 0) is 31.4 Å². The normalized spacial score (nSPS) is 28.2. The maximum absolute atomic E-state index is 10.6. The van der Waals surface area contributed by atoms with E-state index in [1.807, 2.05) is 37.3 Å². The van der Waals surface area contributed by atoms with E-state index in [-0.39, 0.29) is 12.6 Å². The van der Waals surface area contributed by atoms with E-state index in [1.165, 1.54) is 0 Å². The third kappa shape index (κ3) is 2.74. The Morgan fingerprint density at radius 1 is 1.33 bits per heavy atom. The van der Waals surface area contributed by atoms with E-state index >= 15 is 0 Å². The first-order valence-corrected chi connectivity index (χ1v) is 6.67. The molecule has 3 unspecified atom stereocenters. The predicted octanol–water partition coefficient (Wildman–Crippen LogP) is 1.60. The number of hydrogen-bond acceptors (Lipinski definition) is 3. The number of aliphatic hydroxyl groups excluding tert-OH is 1. The highest BCUT2D eigenvalue weighted by Gasteiger charge is 2.35. The third-order valence-corrected chi connectivity index (χ3v) is 4.09. The van der Waals surface area contributed by atoms with Crippen molar-refractivity contribution in [2.75, 3.05) is 19.7 Å². The van der Waals surface area contributed by atoms with Gasteiger partial charge in [-0.1, -0.05) is 37.3 Å². The lowest BCUT2D eigenvalue weighted by molar-refractivity contribution is 0.00150. The van der Waals surface area contributed by atoms with Crippen molar-refractivity contribution in [2.24, 2.45) is 5.92 Å². The van der Waals surface area contributed by atoms with Crippen molar-refractivity contribution < 1.29 is 10.2 Å². The average Bonchev–Trinajstić information content (AvgIpc) is 2.70. The molecule has 1 fully saturated rings. The van der Waals surface area contributed by atoms with Crippen LogP contribution >= 0.6 is 0 Å². The van der Waals surface area contributed by atoms with E-state index < -0.39 is 5.60 Å². The van der Waals surface area contributed by atoms with Crippen molar-refractivity contribution in [2.45, 2.75) is 31.9 Å². The molecule has 0 aromatic heterocycles. The number of likely N-dealkylation sites (tertiary alicyclic amines) is 1. The summed E-state index contributed by atoms with van der Waals surface area (Å²) >= 11 is 0. The molecular weight excluding hydrogens is 226 g/mol. The molecule has 100 valence electrons. The van der Waals surface area contributed by atoms with Crippen molar-refractivity contribution >= 4 is 0 Å². The standard InChI is InChI=1S/C15H23NO2/c1-12-8-9-16(14(12)10-17)11-15(2,18)13-6-4-3-5-7-13/h3-7,12,14,17-18H,8-11H2,1-2H3. The molecule has 3 nitrogen and oxygen atoms in total. The van der Waals surface area contributed by atoms with Gasteiger partial charge < -0.3 is 10.2 Å². The highest BCUT2D eigenvalue weighted by atomic mass is 16.3. The van der Waals surface area contributed by atoms with Gasteiger partial charge in [-0.3, -0.25) is 4.90 Å². The van der Waals surface area contributed by atoms with Crippen molar-refractivity contribution in [1.82, 2.24) is 4.90 Å².